The maximum atomic E-state index is 5.81. The van der Waals surface area contributed by atoms with E-state index in [1.165, 1.54) is 11.3 Å². The Kier molecular flexibility index (Phi) is 2.81. The van der Waals surface area contributed by atoms with Crippen LogP contribution in [0.4, 0.5) is 11.4 Å². The van der Waals surface area contributed by atoms with Gasteiger partial charge in [0.05, 0.1) is 0 Å². The number of nitrogens with two attached hydrogens (primary N) is 1. The molecule has 0 aromatic heterocycles. The lowest BCUT2D eigenvalue weighted by Crippen LogP contribution is -2.09. The summed E-state index contributed by atoms with van der Waals surface area (Å²) >= 11 is 0. The minimum Gasteiger partial charge on any atom is -0.399 e. The summed E-state index contributed by atoms with van der Waals surface area (Å²) in [5.74, 6) is 0.530. The first-order valence-corrected chi connectivity index (χ1v) is 4.58. The first-order valence-electron chi connectivity index (χ1n) is 4.58. The molecule has 72 valence electrons. The van der Waals surface area contributed by atoms with Gasteiger partial charge in [0.1, 0.15) is 0 Å². The van der Waals surface area contributed by atoms with Crippen LogP contribution >= 0.6 is 0 Å². The Morgan fingerprint density at radius 3 is 2.23 bits per heavy atom. The molecule has 0 atom stereocenters. The van der Waals surface area contributed by atoms with E-state index >= 15 is 0 Å². The smallest absolute Gasteiger partial charge is 0.0384 e. The summed E-state index contributed by atoms with van der Waals surface area (Å²) in [5, 5.41) is 0. The van der Waals surface area contributed by atoms with Crippen LogP contribution in [0.25, 0.3) is 0 Å². The molecule has 0 bridgehead atoms. The zero-order valence-corrected chi connectivity index (χ0v) is 8.83. The highest BCUT2D eigenvalue weighted by molar-refractivity contribution is 5.58. The summed E-state index contributed by atoms with van der Waals surface area (Å²) < 4.78 is 0. The van der Waals surface area contributed by atoms with E-state index in [9.17, 15) is 0 Å². The van der Waals surface area contributed by atoms with Crippen molar-refractivity contribution in [3.8, 4) is 0 Å². The lowest BCUT2D eigenvalue weighted by molar-refractivity contribution is 0.866. The van der Waals surface area contributed by atoms with Crippen LogP contribution in [0.3, 0.4) is 0 Å². The third-order valence-corrected chi connectivity index (χ3v) is 2.15. The summed E-state index contributed by atoms with van der Waals surface area (Å²) in [4.78, 5) is 2.07. The van der Waals surface area contributed by atoms with E-state index in [0.717, 1.165) is 5.69 Å². The molecule has 1 aromatic carbocycles. The van der Waals surface area contributed by atoms with E-state index in [1.54, 1.807) is 0 Å². The third-order valence-electron chi connectivity index (χ3n) is 2.15. The van der Waals surface area contributed by atoms with Crippen molar-refractivity contribution >= 4 is 11.4 Å². The number of nitrogens with zero attached hydrogens (tertiary/aromatic N) is 1. The van der Waals surface area contributed by atoms with E-state index < -0.39 is 0 Å². The first-order chi connectivity index (χ1) is 6.00. The number of anilines is 2. The Balaban J connectivity index is 3.11. The quantitative estimate of drug-likeness (QED) is 0.705. The second-order valence-corrected chi connectivity index (χ2v) is 3.91. The van der Waals surface area contributed by atoms with Crippen molar-refractivity contribution in [3.05, 3.63) is 23.8 Å². The average Bonchev–Trinajstić information content (AvgIpc) is 2.03. The number of hydrogen-bond donors (Lipinski definition) is 1. The minimum absolute atomic E-state index is 0.530. The second-order valence-electron chi connectivity index (χ2n) is 3.91. The van der Waals surface area contributed by atoms with Gasteiger partial charge < -0.3 is 10.6 Å². The Morgan fingerprint density at radius 2 is 1.77 bits per heavy atom. The fourth-order valence-electron chi connectivity index (χ4n) is 1.25. The SMILES string of the molecule is CC(C)c1cc(N)cc(N(C)C)c1. The van der Waals surface area contributed by atoms with Gasteiger partial charge in [-0.05, 0) is 29.7 Å². The molecule has 2 heteroatoms. The maximum absolute atomic E-state index is 5.81. The molecule has 0 unspecified atom stereocenters. The van der Waals surface area contributed by atoms with Crippen LogP contribution in [0.15, 0.2) is 18.2 Å². The van der Waals surface area contributed by atoms with Crippen molar-refractivity contribution in [1.29, 1.82) is 0 Å². The van der Waals surface area contributed by atoms with E-state index in [1.807, 2.05) is 26.2 Å². The van der Waals surface area contributed by atoms with Gasteiger partial charge in [-0.1, -0.05) is 13.8 Å². The Hall–Kier alpha value is -1.18. The molecule has 0 amide bonds. The van der Waals surface area contributed by atoms with Crippen LogP contribution in [-0.4, -0.2) is 14.1 Å². The number of hydrogen-bond acceptors (Lipinski definition) is 2. The maximum Gasteiger partial charge on any atom is 0.0384 e. The minimum atomic E-state index is 0.530. The molecular weight excluding hydrogens is 160 g/mol. The van der Waals surface area contributed by atoms with Gasteiger partial charge in [-0.15, -0.1) is 0 Å². The van der Waals surface area contributed by atoms with Crippen molar-refractivity contribution in [1.82, 2.24) is 0 Å². The molecule has 2 nitrogen and oxygen atoms in total. The zero-order valence-electron chi connectivity index (χ0n) is 8.83. The zero-order chi connectivity index (χ0) is 10.0. The summed E-state index contributed by atoms with van der Waals surface area (Å²) in [6.07, 6.45) is 0. The molecule has 0 radical (unpaired) electrons. The van der Waals surface area contributed by atoms with Gasteiger partial charge in [-0.25, -0.2) is 0 Å². The lowest BCUT2D eigenvalue weighted by atomic mass is 10.0. The summed E-state index contributed by atoms with van der Waals surface area (Å²) in [7, 11) is 4.05. The van der Waals surface area contributed by atoms with E-state index in [-0.39, 0.29) is 0 Å². The molecule has 0 saturated carbocycles. The third kappa shape index (κ3) is 2.38. The van der Waals surface area contributed by atoms with Gasteiger partial charge in [-0.2, -0.15) is 0 Å². The first kappa shape index (κ1) is 9.90. The standard InChI is InChI=1S/C11H18N2/c1-8(2)9-5-10(12)7-11(6-9)13(3)4/h5-8H,12H2,1-4H3. The van der Waals surface area contributed by atoms with Crippen LogP contribution in [0.1, 0.15) is 25.3 Å². The molecule has 0 aliphatic rings. The Morgan fingerprint density at radius 1 is 1.15 bits per heavy atom. The van der Waals surface area contributed by atoms with Crippen LogP contribution in [0.2, 0.25) is 0 Å². The number of nitrogen functional groups attached to an aromatic ring is 1. The van der Waals surface area contributed by atoms with Crippen molar-refractivity contribution in [3.63, 3.8) is 0 Å². The summed E-state index contributed by atoms with van der Waals surface area (Å²) in [6, 6.07) is 6.21. The Labute approximate surface area is 80.4 Å². The second kappa shape index (κ2) is 3.69. The molecule has 0 aliphatic carbocycles. The van der Waals surface area contributed by atoms with Gasteiger partial charge in [0.15, 0.2) is 0 Å². The van der Waals surface area contributed by atoms with Crippen molar-refractivity contribution in [2.24, 2.45) is 0 Å². The normalized spacial score (nSPS) is 10.5. The highest BCUT2D eigenvalue weighted by Crippen LogP contribution is 2.23. The lowest BCUT2D eigenvalue weighted by Gasteiger charge is -2.16. The predicted octanol–water partition coefficient (Wildman–Crippen LogP) is 2.46. The topological polar surface area (TPSA) is 29.3 Å². The van der Waals surface area contributed by atoms with Crippen molar-refractivity contribution < 1.29 is 0 Å². The summed E-state index contributed by atoms with van der Waals surface area (Å²) in [6.45, 7) is 4.35. The molecule has 13 heavy (non-hydrogen) atoms. The molecule has 0 heterocycles. The fourth-order valence-corrected chi connectivity index (χ4v) is 1.25. The molecule has 1 rings (SSSR count). The molecule has 0 aliphatic heterocycles. The van der Waals surface area contributed by atoms with Gasteiger partial charge in [0.25, 0.3) is 0 Å². The van der Waals surface area contributed by atoms with Crippen molar-refractivity contribution in [2.75, 3.05) is 24.7 Å². The number of rotatable bonds is 2. The van der Waals surface area contributed by atoms with E-state index in [0.29, 0.717) is 5.92 Å². The van der Waals surface area contributed by atoms with Crippen LogP contribution in [0, 0.1) is 0 Å². The monoisotopic (exact) mass is 178 g/mol. The van der Waals surface area contributed by atoms with Crippen LogP contribution in [-0.2, 0) is 0 Å². The molecule has 1 aromatic rings. The van der Waals surface area contributed by atoms with Crippen molar-refractivity contribution in [2.45, 2.75) is 19.8 Å². The Bertz CT molecular complexity index is 264. The van der Waals surface area contributed by atoms with E-state index in [4.69, 9.17) is 5.73 Å². The molecule has 2 N–H and O–H groups in total. The predicted molar refractivity (Wildman–Crippen MR) is 59.3 cm³/mol. The number of benzene rings is 1. The molecule has 0 saturated heterocycles. The summed E-state index contributed by atoms with van der Waals surface area (Å²) in [5.41, 5.74) is 9.12. The molecule has 0 spiro atoms. The van der Waals surface area contributed by atoms with E-state index in [2.05, 4.69) is 24.8 Å². The highest BCUT2D eigenvalue weighted by atomic mass is 15.1. The molecular formula is C11H18N2. The molecule has 0 fully saturated rings. The average molecular weight is 178 g/mol. The van der Waals surface area contributed by atoms with Gasteiger partial charge >= 0.3 is 0 Å². The van der Waals surface area contributed by atoms with Crippen LogP contribution in [0.5, 0.6) is 0 Å². The largest absolute Gasteiger partial charge is 0.399 e. The van der Waals surface area contributed by atoms with Gasteiger partial charge in [0, 0.05) is 25.5 Å². The fraction of sp³-hybridized carbons (Fsp3) is 0.455. The highest BCUT2D eigenvalue weighted by Gasteiger charge is 2.03. The van der Waals surface area contributed by atoms with Gasteiger partial charge in [0.2, 0.25) is 0 Å². The van der Waals surface area contributed by atoms with Gasteiger partial charge in [-0.3, -0.25) is 0 Å². The van der Waals surface area contributed by atoms with Crippen LogP contribution < -0.4 is 10.6 Å².